The highest BCUT2D eigenvalue weighted by Crippen LogP contribution is 2.17. The molecule has 1 aliphatic rings. The van der Waals surface area contributed by atoms with E-state index in [1.165, 1.54) is 19.4 Å². The van der Waals surface area contributed by atoms with E-state index in [0.29, 0.717) is 12.2 Å². The smallest absolute Gasteiger partial charge is 0.174 e. The zero-order valence-corrected chi connectivity index (χ0v) is 10.6. The van der Waals surface area contributed by atoms with Gasteiger partial charge in [-0.15, -0.1) is 11.3 Å². The average Bonchev–Trinajstić information content (AvgIpc) is 2.79. The third kappa shape index (κ3) is 3.16. The van der Waals surface area contributed by atoms with Gasteiger partial charge in [0.25, 0.3) is 0 Å². The van der Waals surface area contributed by atoms with Crippen LogP contribution in [0.3, 0.4) is 0 Å². The van der Waals surface area contributed by atoms with Gasteiger partial charge in [0.2, 0.25) is 0 Å². The number of hydrogen-bond acceptors (Lipinski definition) is 3. The lowest BCUT2D eigenvalue weighted by Gasteiger charge is -2.30. The molecule has 0 saturated carbocycles. The van der Waals surface area contributed by atoms with E-state index in [9.17, 15) is 4.79 Å². The molecule has 1 aromatic heterocycles. The monoisotopic (exact) mass is 237 g/mol. The van der Waals surface area contributed by atoms with E-state index in [1.54, 1.807) is 11.3 Å². The summed E-state index contributed by atoms with van der Waals surface area (Å²) < 4.78 is 0. The van der Waals surface area contributed by atoms with Gasteiger partial charge >= 0.3 is 0 Å². The maximum atomic E-state index is 11.8. The zero-order chi connectivity index (χ0) is 11.4. The first-order valence-corrected chi connectivity index (χ1v) is 6.93. The molecular weight excluding hydrogens is 218 g/mol. The fourth-order valence-corrected chi connectivity index (χ4v) is 3.00. The Morgan fingerprint density at radius 2 is 2.50 bits per heavy atom. The predicted octanol–water partition coefficient (Wildman–Crippen LogP) is 3.05. The molecule has 88 valence electrons. The summed E-state index contributed by atoms with van der Waals surface area (Å²) in [6, 6.07) is 3.87. The number of nitrogens with zero attached hydrogens (tertiary/aromatic N) is 1. The van der Waals surface area contributed by atoms with Crippen LogP contribution in [0.15, 0.2) is 17.5 Å². The predicted molar refractivity (Wildman–Crippen MR) is 68.1 cm³/mol. The van der Waals surface area contributed by atoms with Crippen LogP contribution in [0, 0.1) is 5.92 Å². The van der Waals surface area contributed by atoms with Gasteiger partial charge in [0, 0.05) is 19.5 Å². The topological polar surface area (TPSA) is 20.3 Å². The highest BCUT2D eigenvalue weighted by Gasteiger charge is 2.17. The van der Waals surface area contributed by atoms with Crippen molar-refractivity contribution >= 4 is 17.1 Å². The van der Waals surface area contributed by atoms with Crippen LogP contribution in [0.25, 0.3) is 0 Å². The van der Waals surface area contributed by atoms with Crippen molar-refractivity contribution in [1.29, 1.82) is 0 Å². The Bertz CT molecular complexity index is 334. The molecule has 2 rings (SSSR count). The second-order valence-corrected chi connectivity index (χ2v) is 5.65. The standard InChI is InChI=1S/C13H19NOS/c1-11-4-2-7-14(10-11)8-6-12(15)13-5-3-9-16-13/h3,5,9,11H,2,4,6-8,10H2,1H3/t11-/m0/s1. The van der Waals surface area contributed by atoms with Crippen LogP contribution in [-0.4, -0.2) is 30.3 Å². The van der Waals surface area contributed by atoms with Crippen molar-refractivity contribution in [3.8, 4) is 0 Å². The number of carbonyl (C=O) groups excluding carboxylic acids is 1. The Hall–Kier alpha value is -0.670. The maximum absolute atomic E-state index is 11.8. The Kier molecular flexibility index (Phi) is 4.13. The number of thiophene rings is 1. The molecule has 0 aromatic carbocycles. The summed E-state index contributed by atoms with van der Waals surface area (Å²) in [5.41, 5.74) is 0. The molecule has 1 fully saturated rings. The third-order valence-corrected chi connectivity index (χ3v) is 4.10. The SMILES string of the molecule is C[C@H]1CCCN(CCC(=O)c2cccs2)C1. The van der Waals surface area contributed by atoms with E-state index in [1.807, 2.05) is 17.5 Å². The molecule has 2 nitrogen and oxygen atoms in total. The summed E-state index contributed by atoms with van der Waals surface area (Å²) in [5, 5.41) is 1.97. The average molecular weight is 237 g/mol. The van der Waals surface area contributed by atoms with Gasteiger partial charge in [0.1, 0.15) is 0 Å². The first kappa shape index (κ1) is 11.8. The second-order valence-electron chi connectivity index (χ2n) is 4.70. The van der Waals surface area contributed by atoms with Gasteiger partial charge in [-0.1, -0.05) is 13.0 Å². The number of hydrogen-bond donors (Lipinski definition) is 0. The summed E-state index contributed by atoms with van der Waals surface area (Å²) in [6.07, 6.45) is 3.30. The Balaban J connectivity index is 1.77. The molecule has 0 spiro atoms. The molecule has 0 aliphatic carbocycles. The number of rotatable bonds is 4. The Morgan fingerprint density at radius 1 is 1.62 bits per heavy atom. The van der Waals surface area contributed by atoms with E-state index >= 15 is 0 Å². The van der Waals surface area contributed by atoms with Crippen LogP contribution in [0.1, 0.15) is 35.9 Å². The highest BCUT2D eigenvalue weighted by atomic mass is 32.1. The van der Waals surface area contributed by atoms with Crippen LogP contribution >= 0.6 is 11.3 Å². The molecule has 0 amide bonds. The van der Waals surface area contributed by atoms with Crippen molar-refractivity contribution in [3.05, 3.63) is 22.4 Å². The molecule has 0 N–H and O–H groups in total. The maximum Gasteiger partial charge on any atom is 0.174 e. The molecule has 2 heterocycles. The van der Waals surface area contributed by atoms with Crippen molar-refractivity contribution in [2.75, 3.05) is 19.6 Å². The van der Waals surface area contributed by atoms with E-state index < -0.39 is 0 Å². The van der Waals surface area contributed by atoms with Gasteiger partial charge < -0.3 is 4.90 Å². The first-order chi connectivity index (χ1) is 7.75. The van der Waals surface area contributed by atoms with Crippen molar-refractivity contribution in [3.63, 3.8) is 0 Å². The molecule has 16 heavy (non-hydrogen) atoms. The van der Waals surface area contributed by atoms with Crippen LogP contribution < -0.4 is 0 Å². The summed E-state index contributed by atoms with van der Waals surface area (Å²) >= 11 is 1.55. The van der Waals surface area contributed by atoms with Crippen molar-refractivity contribution in [2.24, 2.45) is 5.92 Å². The van der Waals surface area contributed by atoms with Gasteiger partial charge in [-0.2, -0.15) is 0 Å². The second kappa shape index (κ2) is 5.60. The van der Waals surface area contributed by atoms with Crippen molar-refractivity contribution < 1.29 is 4.79 Å². The lowest BCUT2D eigenvalue weighted by atomic mass is 10.00. The Morgan fingerprint density at radius 3 is 3.19 bits per heavy atom. The minimum atomic E-state index is 0.299. The normalized spacial score (nSPS) is 22.2. The molecule has 0 bridgehead atoms. The van der Waals surface area contributed by atoms with E-state index in [0.717, 1.165) is 23.9 Å². The lowest BCUT2D eigenvalue weighted by Crippen LogP contribution is -2.35. The third-order valence-electron chi connectivity index (χ3n) is 3.19. The molecule has 1 aromatic rings. The van der Waals surface area contributed by atoms with Crippen molar-refractivity contribution in [2.45, 2.75) is 26.2 Å². The summed E-state index contributed by atoms with van der Waals surface area (Å²) in [7, 11) is 0. The van der Waals surface area contributed by atoms with Gasteiger partial charge in [-0.25, -0.2) is 0 Å². The number of piperidine rings is 1. The Labute approximate surface area is 101 Å². The summed E-state index contributed by atoms with van der Waals surface area (Å²) in [4.78, 5) is 15.2. The molecular formula is C13H19NOS. The van der Waals surface area contributed by atoms with Gasteiger partial charge in [0.15, 0.2) is 5.78 Å². The minimum absolute atomic E-state index is 0.299. The molecule has 0 radical (unpaired) electrons. The zero-order valence-electron chi connectivity index (χ0n) is 9.82. The van der Waals surface area contributed by atoms with E-state index in [-0.39, 0.29) is 0 Å². The number of Topliss-reactive ketones (excluding diaryl/α,β-unsaturated/α-hetero) is 1. The number of likely N-dealkylation sites (tertiary alicyclic amines) is 1. The molecule has 1 saturated heterocycles. The molecule has 0 unspecified atom stereocenters. The van der Waals surface area contributed by atoms with Crippen LogP contribution in [0.5, 0.6) is 0 Å². The van der Waals surface area contributed by atoms with E-state index in [2.05, 4.69) is 11.8 Å². The minimum Gasteiger partial charge on any atom is -0.303 e. The fourth-order valence-electron chi connectivity index (χ4n) is 2.31. The van der Waals surface area contributed by atoms with Gasteiger partial charge in [0.05, 0.1) is 4.88 Å². The molecule has 3 heteroatoms. The quantitative estimate of drug-likeness (QED) is 0.750. The largest absolute Gasteiger partial charge is 0.303 e. The van der Waals surface area contributed by atoms with Crippen LogP contribution in [0.4, 0.5) is 0 Å². The molecule has 1 aliphatic heterocycles. The lowest BCUT2D eigenvalue weighted by molar-refractivity contribution is 0.0953. The van der Waals surface area contributed by atoms with Crippen LogP contribution in [-0.2, 0) is 0 Å². The number of carbonyl (C=O) groups is 1. The van der Waals surface area contributed by atoms with E-state index in [4.69, 9.17) is 0 Å². The van der Waals surface area contributed by atoms with Gasteiger partial charge in [-0.05, 0) is 36.8 Å². The summed E-state index contributed by atoms with van der Waals surface area (Å²) in [6.45, 7) is 5.56. The van der Waals surface area contributed by atoms with Crippen molar-refractivity contribution in [1.82, 2.24) is 4.90 Å². The van der Waals surface area contributed by atoms with Crippen LogP contribution in [0.2, 0.25) is 0 Å². The summed E-state index contributed by atoms with van der Waals surface area (Å²) in [5.74, 6) is 1.10. The fraction of sp³-hybridized carbons (Fsp3) is 0.615. The number of ketones is 1. The highest BCUT2D eigenvalue weighted by molar-refractivity contribution is 7.12. The molecule has 1 atom stereocenters. The first-order valence-electron chi connectivity index (χ1n) is 6.05. The van der Waals surface area contributed by atoms with Gasteiger partial charge in [-0.3, -0.25) is 4.79 Å².